The fourth-order valence-electron chi connectivity index (χ4n) is 3.97. The van der Waals surface area contributed by atoms with Gasteiger partial charge in [0.1, 0.15) is 0 Å². The number of primary amides is 2. The topological polar surface area (TPSA) is 110 Å². The van der Waals surface area contributed by atoms with Crippen LogP contribution in [-0.4, -0.2) is 47.3 Å². The van der Waals surface area contributed by atoms with Gasteiger partial charge in [0.05, 0.1) is 0 Å². The maximum atomic E-state index is 14.3. The minimum absolute atomic E-state index is 0.143. The number of hydrogen-bond donors (Lipinski definition) is 2. The Morgan fingerprint density at radius 2 is 1.19 bits per heavy atom. The van der Waals surface area contributed by atoms with Crippen molar-refractivity contribution in [3.63, 3.8) is 0 Å². The summed E-state index contributed by atoms with van der Waals surface area (Å²) in [7, 11) is -2.97. The molecule has 1 aromatic carbocycles. The highest BCUT2D eigenvalue weighted by Gasteiger charge is 2.42. The van der Waals surface area contributed by atoms with Crippen molar-refractivity contribution in [2.75, 3.05) is 26.2 Å². The first-order valence-electron chi connectivity index (χ1n) is 9.18. The first-order valence-corrected chi connectivity index (χ1v) is 10.8. The molecule has 142 valence electrons. The van der Waals surface area contributed by atoms with E-state index in [9.17, 15) is 14.2 Å². The first kappa shape index (κ1) is 19.1. The molecule has 1 aromatic rings. The van der Waals surface area contributed by atoms with Crippen molar-refractivity contribution in [1.29, 1.82) is 0 Å². The minimum Gasteiger partial charge on any atom is -0.369 e. The number of benzene rings is 1. The normalized spacial score (nSPS) is 21.5. The van der Waals surface area contributed by atoms with Crippen LogP contribution in [0, 0.1) is 11.8 Å². The molecule has 2 aliphatic heterocycles. The van der Waals surface area contributed by atoms with Crippen LogP contribution in [0.3, 0.4) is 0 Å². The zero-order valence-electron chi connectivity index (χ0n) is 14.9. The van der Waals surface area contributed by atoms with Crippen LogP contribution in [0.5, 0.6) is 0 Å². The Bertz CT molecular complexity index is 658. The van der Waals surface area contributed by atoms with Crippen LogP contribution in [0.4, 0.5) is 0 Å². The molecule has 0 unspecified atom stereocenters. The number of amides is 2. The molecule has 2 amide bonds. The average Bonchev–Trinajstić information content (AvgIpc) is 2.68. The van der Waals surface area contributed by atoms with Crippen molar-refractivity contribution in [1.82, 2.24) is 9.34 Å². The summed E-state index contributed by atoms with van der Waals surface area (Å²) < 4.78 is 18.3. The van der Waals surface area contributed by atoms with Crippen molar-refractivity contribution in [3.8, 4) is 0 Å². The van der Waals surface area contributed by atoms with Crippen LogP contribution in [0.15, 0.2) is 30.3 Å². The molecule has 2 fully saturated rings. The standard InChI is InChI=1S/C18H27N4O3P/c19-17(23)14-6-10-21(11-7-14)26(25,16-4-2-1-3-5-16)22-12-8-15(9-13-22)18(20)24/h1-5,14-15H,6-13H2,(H2,19,23)(H2,20,24). The van der Waals surface area contributed by atoms with Gasteiger partial charge in [-0.2, -0.15) is 0 Å². The van der Waals surface area contributed by atoms with E-state index in [0.717, 1.165) is 5.30 Å². The Morgan fingerprint density at radius 1 is 0.808 bits per heavy atom. The quantitative estimate of drug-likeness (QED) is 0.740. The van der Waals surface area contributed by atoms with E-state index in [0.29, 0.717) is 51.9 Å². The lowest BCUT2D eigenvalue weighted by molar-refractivity contribution is -0.123. The van der Waals surface area contributed by atoms with Gasteiger partial charge in [-0.3, -0.25) is 14.2 Å². The predicted octanol–water partition coefficient (Wildman–Crippen LogP) is 0.900. The van der Waals surface area contributed by atoms with Gasteiger partial charge in [-0.05, 0) is 37.8 Å². The number of carbonyl (C=O) groups excluding carboxylic acids is 2. The van der Waals surface area contributed by atoms with Crippen molar-refractivity contribution >= 4 is 24.6 Å². The van der Waals surface area contributed by atoms with Gasteiger partial charge < -0.3 is 11.5 Å². The molecule has 0 radical (unpaired) electrons. The molecule has 0 bridgehead atoms. The molecule has 2 saturated heterocycles. The Morgan fingerprint density at radius 3 is 1.54 bits per heavy atom. The third kappa shape index (κ3) is 3.70. The number of rotatable bonds is 5. The summed E-state index contributed by atoms with van der Waals surface area (Å²) in [5.41, 5.74) is 10.9. The van der Waals surface area contributed by atoms with E-state index >= 15 is 0 Å². The molecule has 3 rings (SSSR count). The second-order valence-corrected chi connectivity index (χ2v) is 9.88. The summed E-state index contributed by atoms with van der Waals surface area (Å²) in [6.45, 7) is 2.32. The van der Waals surface area contributed by atoms with Gasteiger partial charge in [0.15, 0.2) is 0 Å². The minimum atomic E-state index is -2.97. The number of carbonyl (C=O) groups is 2. The van der Waals surface area contributed by atoms with E-state index in [4.69, 9.17) is 11.5 Å². The van der Waals surface area contributed by atoms with Crippen LogP contribution >= 0.6 is 7.44 Å². The summed E-state index contributed by atoms with van der Waals surface area (Å²) in [4.78, 5) is 22.9. The van der Waals surface area contributed by atoms with Gasteiger partial charge in [0, 0.05) is 43.3 Å². The van der Waals surface area contributed by atoms with E-state index in [2.05, 4.69) is 0 Å². The molecule has 2 aliphatic rings. The van der Waals surface area contributed by atoms with Crippen LogP contribution in [0.25, 0.3) is 0 Å². The lowest BCUT2D eigenvalue weighted by atomic mass is 9.98. The highest BCUT2D eigenvalue weighted by molar-refractivity contribution is 7.67. The predicted molar refractivity (Wildman–Crippen MR) is 101 cm³/mol. The SMILES string of the molecule is NC(=O)C1CCN(P(=O)(c2ccccc2)N2CCC(C(N)=O)CC2)CC1. The van der Waals surface area contributed by atoms with Crippen molar-refractivity contribution < 1.29 is 14.2 Å². The fraction of sp³-hybridized carbons (Fsp3) is 0.556. The van der Waals surface area contributed by atoms with Gasteiger partial charge >= 0.3 is 0 Å². The largest absolute Gasteiger partial charge is 0.369 e. The highest BCUT2D eigenvalue weighted by Crippen LogP contribution is 2.54. The Hall–Kier alpha value is -1.69. The fourth-order valence-corrected chi connectivity index (χ4v) is 7.09. The second kappa shape index (κ2) is 7.91. The van der Waals surface area contributed by atoms with Gasteiger partial charge in [-0.25, -0.2) is 9.34 Å². The lowest BCUT2D eigenvalue weighted by Gasteiger charge is -2.44. The molecule has 26 heavy (non-hydrogen) atoms. The summed E-state index contributed by atoms with van der Waals surface area (Å²) in [6, 6.07) is 9.51. The molecule has 0 saturated carbocycles. The monoisotopic (exact) mass is 378 g/mol. The van der Waals surface area contributed by atoms with Crippen LogP contribution in [0.2, 0.25) is 0 Å². The average molecular weight is 378 g/mol. The van der Waals surface area contributed by atoms with Crippen LogP contribution < -0.4 is 16.8 Å². The molecule has 2 heterocycles. The summed E-state index contributed by atoms with van der Waals surface area (Å²) in [6.07, 6.45) is 2.52. The van der Waals surface area contributed by atoms with Gasteiger partial charge in [0.25, 0.3) is 0 Å². The molecule has 0 aromatic heterocycles. The maximum absolute atomic E-state index is 14.3. The third-order valence-electron chi connectivity index (χ3n) is 5.61. The van der Waals surface area contributed by atoms with E-state index in [1.54, 1.807) is 0 Å². The molecule has 4 N–H and O–H groups in total. The van der Waals surface area contributed by atoms with E-state index in [1.165, 1.54) is 0 Å². The maximum Gasteiger partial charge on any atom is 0.245 e. The zero-order valence-corrected chi connectivity index (χ0v) is 15.8. The molecular formula is C18H27N4O3P. The third-order valence-corrected chi connectivity index (χ3v) is 8.91. The van der Waals surface area contributed by atoms with Gasteiger partial charge in [-0.1, -0.05) is 18.2 Å². The number of nitrogens with zero attached hydrogens (tertiary/aromatic N) is 2. The molecule has 0 spiro atoms. The Kier molecular flexibility index (Phi) is 5.80. The molecule has 7 nitrogen and oxygen atoms in total. The first-order chi connectivity index (χ1) is 12.4. The second-order valence-electron chi connectivity index (χ2n) is 7.14. The summed E-state index contributed by atoms with van der Waals surface area (Å²) in [5, 5.41) is 0.801. The number of hydrogen-bond acceptors (Lipinski definition) is 3. The van der Waals surface area contributed by atoms with E-state index in [-0.39, 0.29) is 23.7 Å². The molecule has 0 aliphatic carbocycles. The van der Waals surface area contributed by atoms with Crippen molar-refractivity contribution in [2.45, 2.75) is 25.7 Å². The summed E-state index contributed by atoms with van der Waals surface area (Å²) >= 11 is 0. The van der Waals surface area contributed by atoms with Gasteiger partial charge in [-0.15, -0.1) is 0 Å². The molecular weight excluding hydrogens is 351 g/mol. The lowest BCUT2D eigenvalue weighted by Crippen LogP contribution is -2.46. The summed E-state index contributed by atoms with van der Waals surface area (Å²) in [5.74, 6) is -0.838. The van der Waals surface area contributed by atoms with E-state index < -0.39 is 7.44 Å². The van der Waals surface area contributed by atoms with Crippen LogP contribution in [0.1, 0.15) is 25.7 Å². The Labute approximate surface area is 154 Å². The van der Waals surface area contributed by atoms with Crippen LogP contribution in [-0.2, 0) is 14.2 Å². The zero-order chi connectivity index (χ0) is 18.7. The molecule has 8 heteroatoms. The van der Waals surface area contributed by atoms with Crippen molar-refractivity contribution in [3.05, 3.63) is 30.3 Å². The number of nitrogens with two attached hydrogens (primary N) is 2. The smallest absolute Gasteiger partial charge is 0.245 e. The highest BCUT2D eigenvalue weighted by atomic mass is 31.2. The Balaban J connectivity index is 1.84. The van der Waals surface area contributed by atoms with E-state index in [1.807, 2.05) is 39.7 Å². The van der Waals surface area contributed by atoms with Gasteiger partial charge in [0.2, 0.25) is 19.3 Å². The molecule has 0 atom stereocenters. The number of piperidine rings is 2. The van der Waals surface area contributed by atoms with Crippen molar-refractivity contribution in [2.24, 2.45) is 23.3 Å².